The minimum atomic E-state index is -2.73. The number of hydrogen-bond acceptors (Lipinski definition) is 5. The van der Waals surface area contributed by atoms with Crippen LogP contribution in [0, 0.1) is 17.2 Å². The fourth-order valence-electron chi connectivity index (χ4n) is 3.51. The molecule has 0 aromatic carbocycles. The van der Waals surface area contributed by atoms with Crippen molar-refractivity contribution in [1.29, 1.82) is 5.26 Å². The maximum Gasteiger partial charge on any atom is 0.322 e. The Balaban J connectivity index is 1.49. The molecule has 2 aliphatic heterocycles. The lowest BCUT2D eigenvalue weighted by Crippen LogP contribution is -2.41. The first kappa shape index (κ1) is 18.8. The molecule has 3 amide bonds. The Morgan fingerprint density at radius 2 is 2.21 bits per heavy atom. The molecule has 0 spiro atoms. The monoisotopic (exact) mass is 401 g/mol. The topological polar surface area (TPSA) is 107 Å². The number of pyridine rings is 1. The van der Waals surface area contributed by atoms with Gasteiger partial charge in [0.15, 0.2) is 0 Å². The van der Waals surface area contributed by atoms with Crippen molar-refractivity contribution in [2.24, 2.45) is 5.92 Å². The van der Waals surface area contributed by atoms with E-state index in [4.69, 9.17) is 5.26 Å². The average Bonchev–Trinajstić information content (AvgIpc) is 3.30. The van der Waals surface area contributed by atoms with Crippen molar-refractivity contribution in [3.8, 4) is 6.07 Å². The van der Waals surface area contributed by atoms with Gasteiger partial charge in [-0.2, -0.15) is 10.4 Å². The fraction of sp³-hybridized carbons (Fsp3) is 0.389. The zero-order valence-corrected chi connectivity index (χ0v) is 15.3. The van der Waals surface area contributed by atoms with Gasteiger partial charge in [0, 0.05) is 31.4 Å². The number of halogens is 2. The first-order chi connectivity index (χ1) is 14.0. The molecule has 4 rings (SSSR count). The SMILES string of the molecule is N#CC1CC(=O)N(c2cnn3c2CN(C(=O)Nc2ccnc(C(F)F)c2)CC3)C1. The summed E-state index contributed by atoms with van der Waals surface area (Å²) in [6.07, 6.45) is 0.228. The van der Waals surface area contributed by atoms with Crippen molar-refractivity contribution < 1.29 is 18.4 Å². The first-order valence-corrected chi connectivity index (χ1v) is 9.01. The van der Waals surface area contributed by atoms with Gasteiger partial charge in [-0.15, -0.1) is 0 Å². The molecule has 2 aromatic rings. The second kappa shape index (κ2) is 7.46. The van der Waals surface area contributed by atoms with Crippen LogP contribution in [0.3, 0.4) is 0 Å². The Labute approximate surface area is 164 Å². The number of anilines is 2. The summed E-state index contributed by atoms with van der Waals surface area (Å²) in [4.78, 5) is 31.5. The molecule has 1 fully saturated rings. The van der Waals surface area contributed by atoms with Gasteiger partial charge in [0.2, 0.25) is 5.91 Å². The molecule has 1 saturated heterocycles. The molecular weight excluding hydrogens is 384 g/mol. The number of rotatable bonds is 3. The predicted octanol–water partition coefficient (Wildman–Crippen LogP) is 2.14. The van der Waals surface area contributed by atoms with Crippen LogP contribution in [-0.2, 0) is 17.9 Å². The number of hydrogen-bond donors (Lipinski definition) is 1. The summed E-state index contributed by atoms with van der Waals surface area (Å²) in [5.74, 6) is -0.512. The summed E-state index contributed by atoms with van der Waals surface area (Å²) in [6.45, 7) is 1.31. The summed E-state index contributed by atoms with van der Waals surface area (Å²) in [5.41, 5.74) is 1.10. The molecule has 1 atom stereocenters. The molecule has 0 saturated carbocycles. The molecule has 4 heterocycles. The Morgan fingerprint density at radius 3 is 2.93 bits per heavy atom. The van der Waals surface area contributed by atoms with Crippen molar-refractivity contribution >= 4 is 23.3 Å². The summed E-state index contributed by atoms with van der Waals surface area (Å²) in [6, 6.07) is 4.23. The lowest BCUT2D eigenvalue weighted by molar-refractivity contribution is -0.117. The van der Waals surface area contributed by atoms with Crippen LogP contribution in [0.25, 0.3) is 0 Å². The van der Waals surface area contributed by atoms with E-state index in [1.165, 1.54) is 22.1 Å². The summed E-state index contributed by atoms with van der Waals surface area (Å²) < 4.78 is 27.3. The van der Waals surface area contributed by atoms with Crippen LogP contribution in [0.1, 0.15) is 24.2 Å². The van der Waals surface area contributed by atoms with Crippen molar-refractivity contribution in [3.05, 3.63) is 35.9 Å². The average molecular weight is 401 g/mol. The molecule has 0 bridgehead atoms. The number of fused-ring (bicyclic) bond motifs is 1. The van der Waals surface area contributed by atoms with E-state index >= 15 is 0 Å². The quantitative estimate of drug-likeness (QED) is 0.848. The second-order valence-corrected chi connectivity index (χ2v) is 6.86. The fourth-order valence-corrected chi connectivity index (χ4v) is 3.51. The molecular formula is C18H17F2N7O2. The van der Waals surface area contributed by atoms with E-state index in [0.29, 0.717) is 31.0 Å². The van der Waals surface area contributed by atoms with Gasteiger partial charge in [0.1, 0.15) is 5.69 Å². The maximum atomic E-state index is 12.8. The number of carbonyl (C=O) groups excluding carboxylic acids is 2. The van der Waals surface area contributed by atoms with E-state index in [-0.39, 0.29) is 30.5 Å². The number of urea groups is 1. The number of aromatic nitrogens is 3. The Bertz CT molecular complexity index is 1000. The first-order valence-electron chi connectivity index (χ1n) is 9.01. The number of nitriles is 1. The van der Waals surface area contributed by atoms with Gasteiger partial charge in [-0.1, -0.05) is 0 Å². The van der Waals surface area contributed by atoms with Gasteiger partial charge in [0.25, 0.3) is 6.43 Å². The van der Waals surface area contributed by atoms with Crippen LogP contribution >= 0.6 is 0 Å². The van der Waals surface area contributed by atoms with E-state index in [1.807, 2.05) is 0 Å². The van der Waals surface area contributed by atoms with Crippen molar-refractivity contribution in [3.63, 3.8) is 0 Å². The second-order valence-electron chi connectivity index (χ2n) is 6.86. The molecule has 2 aromatic heterocycles. The van der Waals surface area contributed by atoms with E-state index in [1.54, 1.807) is 10.9 Å². The van der Waals surface area contributed by atoms with Crippen LogP contribution in [0.2, 0.25) is 0 Å². The minimum absolute atomic E-state index is 0.148. The zero-order chi connectivity index (χ0) is 20.5. The smallest absolute Gasteiger partial charge is 0.317 e. The van der Waals surface area contributed by atoms with Gasteiger partial charge < -0.3 is 15.1 Å². The zero-order valence-electron chi connectivity index (χ0n) is 15.3. The molecule has 1 N–H and O–H groups in total. The van der Waals surface area contributed by atoms with Gasteiger partial charge in [-0.3, -0.25) is 14.5 Å². The normalized spacial score (nSPS) is 18.7. The van der Waals surface area contributed by atoms with Crippen LogP contribution in [0.15, 0.2) is 24.5 Å². The molecule has 29 heavy (non-hydrogen) atoms. The summed E-state index contributed by atoms with van der Waals surface area (Å²) >= 11 is 0. The molecule has 0 radical (unpaired) electrons. The third-order valence-electron chi connectivity index (χ3n) is 4.99. The number of nitrogens with one attached hydrogen (secondary N) is 1. The van der Waals surface area contributed by atoms with Crippen molar-refractivity contribution in [1.82, 2.24) is 19.7 Å². The van der Waals surface area contributed by atoms with Gasteiger partial charge in [-0.05, 0) is 12.1 Å². The highest BCUT2D eigenvalue weighted by molar-refractivity contribution is 5.96. The standard InChI is InChI=1S/C18H17F2N7O2/c19-17(20)13-6-12(1-2-22-13)24-18(29)25-3-4-27-15(10-25)14(8-23-27)26-9-11(7-21)5-16(26)28/h1-2,6,8,11,17H,3-5,9-10H2,(H,22,24,29). The minimum Gasteiger partial charge on any atom is -0.317 e. The molecule has 9 nitrogen and oxygen atoms in total. The van der Waals surface area contributed by atoms with Crippen LogP contribution in [0.4, 0.5) is 25.0 Å². The number of alkyl halides is 2. The molecule has 1 unspecified atom stereocenters. The number of carbonyl (C=O) groups is 2. The van der Waals surface area contributed by atoms with Crippen LogP contribution < -0.4 is 10.2 Å². The molecule has 2 aliphatic rings. The lowest BCUT2D eigenvalue weighted by atomic mass is 10.1. The Kier molecular flexibility index (Phi) is 4.84. The van der Waals surface area contributed by atoms with Gasteiger partial charge in [-0.25, -0.2) is 13.6 Å². The third-order valence-corrected chi connectivity index (χ3v) is 4.99. The summed E-state index contributed by atoms with van der Waals surface area (Å²) in [5, 5.41) is 16.0. The van der Waals surface area contributed by atoms with Gasteiger partial charge >= 0.3 is 6.03 Å². The van der Waals surface area contributed by atoms with Crippen molar-refractivity contribution in [2.75, 3.05) is 23.3 Å². The Hall–Kier alpha value is -3.55. The number of nitrogens with zero attached hydrogens (tertiary/aromatic N) is 6. The van der Waals surface area contributed by atoms with Crippen LogP contribution in [-0.4, -0.2) is 44.7 Å². The molecule has 11 heteroatoms. The van der Waals surface area contributed by atoms with E-state index in [2.05, 4.69) is 21.5 Å². The molecule has 150 valence electrons. The van der Waals surface area contributed by atoms with Crippen LogP contribution in [0.5, 0.6) is 0 Å². The highest BCUT2D eigenvalue weighted by Gasteiger charge is 2.35. The van der Waals surface area contributed by atoms with Gasteiger partial charge in [0.05, 0.1) is 42.7 Å². The largest absolute Gasteiger partial charge is 0.322 e. The number of amides is 3. The van der Waals surface area contributed by atoms with E-state index in [9.17, 15) is 18.4 Å². The van der Waals surface area contributed by atoms with E-state index < -0.39 is 18.2 Å². The molecule has 0 aliphatic carbocycles. The third kappa shape index (κ3) is 3.61. The Morgan fingerprint density at radius 1 is 1.38 bits per heavy atom. The highest BCUT2D eigenvalue weighted by Crippen LogP contribution is 2.30. The lowest BCUT2D eigenvalue weighted by Gasteiger charge is -2.29. The maximum absolute atomic E-state index is 12.8. The summed E-state index contributed by atoms with van der Waals surface area (Å²) in [7, 11) is 0. The predicted molar refractivity (Wildman–Crippen MR) is 96.9 cm³/mol. The van der Waals surface area contributed by atoms with Crippen molar-refractivity contribution in [2.45, 2.75) is 25.9 Å². The van der Waals surface area contributed by atoms with E-state index in [0.717, 1.165) is 6.07 Å². The highest BCUT2D eigenvalue weighted by atomic mass is 19.3.